The van der Waals surface area contributed by atoms with Crippen LogP contribution in [0.1, 0.15) is 26.7 Å². The summed E-state index contributed by atoms with van der Waals surface area (Å²) in [7, 11) is 2.21. The molecule has 18 heavy (non-hydrogen) atoms. The first-order valence-electron chi connectivity index (χ1n) is 6.56. The van der Waals surface area contributed by atoms with Gasteiger partial charge in [0.05, 0.1) is 0 Å². The molecule has 1 aliphatic rings. The molecule has 1 aliphatic heterocycles. The smallest absolute Gasteiger partial charge is 0.183 e. The van der Waals surface area contributed by atoms with Crippen molar-refractivity contribution in [2.75, 3.05) is 18.9 Å². The van der Waals surface area contributed by atoms with Crippen LogP contribution in [0, 0.1) is 5.92 Å². The van der Waals surface area contributed by atoms with Crippen molar-refractivity contribution in [2.24, 2.45) is 5.92 Å². The zero-order valence-electron chi connectivity index (χ0n) is 11.5. The molecule has 100 valence electrons. The van der Waals surface area contributed by atoms with Crippen molar-refractivity contribution < 1.29 is 0 Å². The summed E-state index contributed by atoms with van der Waals surface area (Å²) in [5, 5.41) is 6.73. The number of nitrogens with zero attached hydrogens (tertiary/aromatic N) is 2. The highest BCUT2D eigenvalue weighted by Gasteiger charge is 2.42. The number of anilines is 1. The zero-order chi connectivity index (χ0) is 13.2. The Bertz CT molecular complexity index is 390. The Balaban J connectivity index is 2.22. The highest BCUT2D eigenvalue weighted by Crippen LogP contribution is 2.37. The van der Waals surface area contributed by atoms with Gasteiger partial charge >= 0.3 is 0 Å². The third kappa shape index (κ3) is 2.59. The Morgan fingerprint density at radius 3 is 3.06 bits per heavy atom. The van der Waals surface area contributed by atoms with Gasteiger partial charge in [-0.25, -0.2) is 4.98 Å². The van der Waals surface area contributed by atoms with Gasteiger partial charge in [0.2, 0.25) is 0 Å². The van der Waals surface area contributed by atoms with Gasteiger partial charge in [0.25, 0.3) is 0 Å². The lowest BCUT2D eigenvalue weighted by atomic mass is 9.74. The van der Waals surface area contributed by atoms with E-state index in [1.54, 1.807) is 11.3 Å². The van der Waals surface area contributed by atoms with E-state index in [0.717, 1.165) is 24.5 Å². The third-order valence-corrected chi connectivity index (χ3v) is 4.90. The van der Waals surface area contributed by atoms with Crippen LogP contribution in [0.15, 0.2) is 24.2 Å². The van der Waals surface area contributed by atoms with Gasteiger partial charge in [-0.3, -0.25) is 0 Å². The topological polar surface area (TPSA) is 28.2 Å². The number of rotatable bonds is 4. The molecular formula is C14H23N3S. The molecule has 0 amide bonds. The van der Waals surface area contributed by atoms with Gasteiger partial charge < -0.3 is 10.2 Å². The van der Waals surface area contributed by atoms with Gasteiger partial charge in [-0.1, -0.05) is 13.0 Å². The first-order valence-corrected chi connectivity index (χ1v) is 7.44. The first kappa shape index (κ1) is 13.6. The molecule has 1 fully saturated rings. The highest BCUT2D eigenvalue weighted by molar-refractivity contribution is 7.13. The molecule has 3 nitrogen and oxygen atoms in total. The maximum Gasteiger partial charge on any atom is 0.183 e. The molecular weight excluding hydrogens is 242 g/mol. The Morgan fingerprint density at radius 2 is 2.44 bits per heavy atom. The van der Waals surface area contributed by atoms with E-state index in [0.29, 0.717) is 12.0 Å². The summed E-state index contributed by atoms with van der Waals surface area (Å²) >= 11 is 1.67. The largest absolute Gasteiger partial charge is 0.355 e. The van der Waals surface area contributed by atoms with E-state index in [1.807, 2.05) is 17.7 Å². The van der Waals surface area contributed by atoms with Crippen LogP contribution in [-0.4, -0.2) is 35.1 Å². The minimum Gasteiger partial charge on any atom is -0.355 e. The number of nitrogens with one attached hydrogen (secondary N) is 1. The highest BCUT2D eigenvalue weighted by atomic mass is 32.1. The maximum atomic E-state index is 4.38. The molecule has 3 unspecified atom stereocenters. The molecule has 1 aromatic heterocycles. The monoisotopic (exact) mass is 265 g/mol. The lowest BCUT2D eigenvalue weighted by Crippen LogP contribution is -2.57. The van der Waals surface area contributed by atoms with E-state index in [-0.39, 0.29) is 5.54 Å². The first-order chi connectivity index (χ1) is 8.57. The van der Waals surface area contributed by atoms with Crippen LogP contribution in [0.3, 0.4) is 0 Å². The standard InChI is InChI=1S/C14H23N3S/c1-5-6-14(16-13-15-7-8-18-13)9-12(3)17(4)10-11(14)2/h5,7-8,11-12H,1,6,9-10H2,2-4H3,(H,15,16). The average molecular weight is 265 g/mol. The maximum absolute atomic E-state index is 4.38. The van der Waals surface area contributed by atoms with Gasteiger partial charge in [0, 0.05) is 29.7 Å². The molecule has 1 saturated heterocycles. The van der Waals surface area contributed by atoms with Crippen LogP contribution in [0.25, 0.3) is 0 Å². The summed E-state index contributed by atoms with van der Waals surface area (Å²) in [5.74, 6) is 0.584. The van der Waals surface area contributed by atoms with Crippen LogP contribution in [0.2, 0.25) is 0 Å². The SMILES string of the molecule is C=CCC1(Nc2nccs2)CC(C)N(C)CC1C. The number of likely N-dealkylation sites (tertiary alicyclic amines) is 1. The summed E-state index contributed by atoms with van der Waals surface area (Å²) < 4.78 is 0. The van der Waals surface area contributed by atoms with E-state index in [2.05, 4.69) is 42.7 Å². The van der Waals surface area contributed by atoms with Gasteiger partial charge in [-0.15, -0.1) is 17.9 Å². The summed E-state index contributed by atoms with van der Waals surface area (Å²) in [5.41, 5.74) is 0.103. The molecule has 4 heteroatoms. The minimum atomic E-state index is 0.103. The van der Waals surface area contributed by atoms with Crippen LogP contribution in [-0.2, 0) is 0 Å². The summed E-state index contributed by atoms with van der Waals surface area (Å²) in [4.78, 5) is 6.82. The van der Waals surface area contributed by atoms with E-state index in [9.17, 15) is 0 Å². The van der Waals surface area contributed by atoms with Crippen molar-refractivity contribution in [3.63, 3.8) is 0 Å². The van der Waals surface area contributed by atoms with Crippen molar-refractivity contribution in [3.8, 4) is 0 Å². The van der Waals surface area contributed by atoms with Crippen LogP contribution < -0.4 is 5.32 Å². The quantitative estimate of drug-likeness (QED) is 0.847. The second-order valence-corrected chi connectivity index (χ2v) is 6.40. The van der Waals surface area contributed by atoms with Crippen molar-refractivity contribution in [2.45, 2.75) is 38.3 Å². The Kier molecular flexibility index (Phi) is 4.07. The van der Waals surface area contributed by atoms with Gasteiger partial charge in [0.15, 0.2) is 5.13 Å². The minimum absolute atomic E-state index is 0.103. The fraction of sp³-hybridized carbons (Fsp3) is 0.643. The van der Waals surface area contributed by atoms with Crippen LogP contribution >= 0.6 is 11.3 Å². The second-order valence-electron chi connectivity index (χ2n) is 5.50. The summed E-state index contributed by atoms with van der Waals surface area (Å²) in [6.45, 7) is 9.68. The molecule has 0 radical (unpaired) electrons. The van der Waals surface area contributed by atoms with E-state index in [4.69, 9.17) is 0 Å². The predicted octanol–water partition coefficient (Wildman–Crippen LogP) is 3.23. The zero-order valence-corrected chi connectivity index (χ0v) is 12.3. The summed E-state index contributed by atoms with van der Waals surface area (Å²) in [6.07, 6.45) is 6.02. The molecule has 1 aromatic rings. The van der Waals surface area contributed by atoms with Crippen molar-refractivity contribution in [1.29, 1.82) is 0 Å². The third-order valence-electron chi connectivity index (χ3n) is 4.21. The van der Waals surface area contributed by atoms with Gasteiger partial charge in [-0.2, -0.15) is 0 Å². The molecule has 2 heterocycles. The average Bonchev–Trinajstić information content (AvgIpc) is 2.79. The lowest BCUT2D eigenvalue weighted by Gasteiger charge is -2.49. The molecule has 3 atom stereocenters. The van der Waals surface area contributed by atoms with Gasteiger partial charge in [-0.05, 0) is 32.7 Å². The molecule has 0 aliphatic carbocycles. The number of aromatic nitrogens is 1. The lowest BCUT2D eigenvalue weighted by molar-refractivity contribution is 0.0928. The molecule has 0 spiro atoms. The predicted molar refractivity (Wildman–Crippen MR) is 79.2 cm³/mol. The number of thiazole rings is 1. The van der Waals surface area contributed by atoms with Crippen LogP contribution in [0.5, 0.6) is 0 Å². The molecule has 0 saturated carbocycles. The number of piperidine rings is 1. The number of hydrogen-bond acceptors (Lipinski definition) is 4. The molecule has 0 bridgehead atoms. The normalized spacial score (nSPS) is 33.3. The Morgan fingerprint density at radius 1 is 1.67 bits per heavy atom. The van der Waals surface area contributed by atoms with E-state index >= 15 is 0 Å². The second kappa shape index (κ2) is 5.41. The molecule has 0 aromatic carbocycles. The molecule has 2 rings (SSSR count). The molecule has 1 N–H and O–H groups in total. The number of hydrogen-bond donors (Lipinski definition) is 1. The van der Waals surface area contributed by atoms with E-state index in [1.165, 1.54) is 0 Å². The van der Waals surface area contributed by atoms with Crippen molar-refractivity contribution in [1.82, 2.24) is 9.88 Å². The van der Waals surface area contributed by atoms with Crippen molar-refractivity contribution in [3.05, 3.63) is 24.2 Å². The Hall–Kier alpha value is -0.870. The fourth-order valence-corrected chi connectivity index (χ4v) is 3.57. The fourth-order valence-electron chi connectivity index (χ4n) is 2.94. The summed E-state index contributed by atoms with van der Waals surface area (Å²) in [6, 6.07) is 0.591. The van der Waals surface area contributed by atoms with Gasteiger partial charge in [0.1, 0.15) is 0 Å². The van der Waals surface area contributed by atoms with Crippen molar-refractivity contribution >= 4 is 16.5 Å². The Labute approximate surface area is 114 Å². The van der Waals surface area contributed by atoms with E-state index < -0.39 is 0 Å². The van der Waals surface area contributed by atoms with Crippen LogP contribution in [0.4, 0.5) is 5.13 Å².